The van der Waals surface area contributed by atoms with E-state index in [1.165, 1.54) is 12.1 Å². The van der Waals surface area contributed by atoms with Crippen LogP contribution in [0.4, 0.5) is 10.1 Å². The van der Waals surface area contributed by atoms with Crippen LogP contribution in [-0.2, 0) is 11.2 Å². The van der Waals surface area contributed by atoms with Crippen LogP contribution in [-0.4, -0.2) is 29.4 Å². The Morgan fingerprint density at radius 1 is 1.21 bits per heavy atom. The van der Waals surface area contributed by atoms with Gasteiger partial charge in [0.15, 0.2) is 0 Å². The molecule has 3 rings (SSSR count). The standard InChI is InChI=1S/C20H17Cl3FN3O/c1-2-27-19(6-12-5-17(24)16(23)8-15(12)22)18(9-20(27)28)26-13-4-3-11(10-25)14(21)7-13/h3-5,7-8,18-19,26H,2,6,9H2,1H3/t18-,19?/m0/s1. The third-order valence-electron chi connectivity index (χ3n) is 4.88. The molecule has 0 aromatic heterocycles. The molecule has 8 heteroatoms. The van der Waals surface area contributed by atoms with E-state index < -0.39 is 5.82 Å². The van der Waals surface area contributed by atoms with E-state index in [0.29, 0.717) is 46.2 Å². The molecular formula is C20H17Cl3FN3O. The lowest BCUT2D eigenvalue weighted by atomic mass is 9.99. The molecular weight excluding hydrogens is 424 g/mol. The minimum absolute atomic E-state index is 0.00954. The van der Waals surface area contributed by atoms with E-state index in [0.717, 1.165) is 0 Å². The van der Waals surface area contributed by atoms with Crippen molar-refractivity contribution in [3.05, 3.63) is 62.3 Å². The lowest BCUT2D eigenvalue weighted by Gasteiger charge is -2.29. The Balaban J connectivity index is 1.88. The van der Waals surface area contributed by atoms with Gasteiger partial charge in [0.1, 0.15) is 11.9 Å². The summed E-state index contributed by atoms with van der Waals surface area (Å²) in [7, 11) is 0. The van der Waals surface area contributed by atoms with Crippen molar-refractivity contribution in [1.29, 1.82) is 5.26 Å². The quantitative estimate of drug-likeness (QED) is 0.642. The van der Waals surface area contributed by atoms with Gasteiger partial charge in [-0.2, -0.15) is 5.26 Å². The van der Waals surface area contributed by atoms with Crippen molar-refractivity contribution < 1.29 is 9.18 Å². The highest BCUT2D eigenvalue weighted by Gasteiger charge is 2.39. The fourth-order valence-corrected chi connectivity index (χ4v) is 4.19. The lowest BCUT2D eigenvalue weighted by molar-refractivity contribution is -0.128. The molecule has 1 amide bonds. The number of halogens is 4. The minimum Gasteiger partial charge on any atom is -0.380 e. The first-order chi connectivity index (χ1) is 13.3. The van der Waals surface area contributed by atoms with Crippen molar-refractivity contribution in [2.24, 2.45) is 0 Å². The predicted molar refractivity (Wildman–Crippen MR) is 109 cm³/mol. The van der Waals surface area contributed by atoms with Crippen LogP contribution >= 0.6 is 34.8 Å². The smallest absolute Gasteiger partial charge is 0.225 e. The highest BCUT2D eigenvalue weighted by molar-refractivity contribution is 6.35. The van der Waals surface area contributed by atoms with Gasteiger partial charge in [-0.1, -0.05) is 34.8 Å². The summed E-state index contributed by atoms with van der Waals surface area (Å²) in [6.45, 7) is 2.43. The van der Waals surface area contributed by atoms with Gasteiger partial charge in [0.05, 0.1) is 27.7 Å². The second-order valence-electron chi connectivity index (χ2n) is 6.57. The Labute approximate surface area is 177 Å². The molecule has 1 N–H and O–H groups in total. The molecule has 2 aromatic carbocycles. The zero-order chi connectivity index (χ0) is 20.4. The van der Waals surface area contributed by atoms with Gasteiger partial charge in [0.2, 0.25) is 5.91 Å². The topological polar surface area (TPSA) is 56.1 Å². The fraction of sp³-hybridized carbons (Fsp3) is 0.300. The van der Waals surface area contributed by atoms with E-state index in [1.54, 1.807) is 23.1 Å². The van der Waals surface area contributed by atoms with E-state index in [4.69, 9.17) is 40.1 Å². The van der Waals surface area contributed by atoms with E-state index in [1.807, 2.05) is 13.0 Å². The van der Waals surface area contributed by atoms with E-state index in [2.05, 4.69) is 5.32 Å². The molecule has 0 aliphatic carbocycles. The van der Waals surface area contributed by atoms with Gasteiger partial charge in [-0.05, 0) is 49.2 Å². The first kappa shape index (κ1) is 20.7. The molecule has 2 aromatic rings. The number of likely N-dealkylation sites (N-methyl/N-ethyl adjacent to an activating group) is 1. The van der Waals surface area contributed by atoms with Crippen molar-refractivity contribution in [2.75, 3.05) is 11.9 Å². The summed E-state index contributed by atoms with van der Waals surface area (Å²) in [5.74, 6) is -0.535. The van der Waals surface area contributed by atoms with Crippen LogP contribution < -0.4 is 5.32 Å². The number of nitrogens with zero attached hydrogens (tertiary/aromatic N) is 2. The average Bonchev–Trinajstić information content (AvgIpc) is 2.94. The number of carbonyl (C=O) groups excluding carboxylic acids is 1. The molecule has 1 saturated heterocycles. The molecule has 28 heavy (non-hydrogen) atoms. The maximum absolute atomic E-state index is 13.9. The first-order valence-corrected chi connectivity index (χ1v) is 9.86. The highest BCUT2D eigenvalue weighted by atomic mass is 35.5. The average molecular weight is 441 g/mol. The number of likely N-dealkylation sites (tertiary alicyclic amines) is 1. The van der Waals surface area contributed by atoms with Crippen LogP contribution in [0.3, 0.4) is 0 Å². The normalized spacial score (nSPS) is 19.0. The minimum atomic E-state index is -0.545. The van der Waals surface area contributed by atoms with Crippen LogP contribution in [0.25, 0.3) is 0 Å². The first-order valence-electron chi connectivity index (χ1n) is 8.73. The van der Waals surface area contributed by atoms with E-state index in [-0.39, 0.29) is 23.0 Å². The Hall–Kier alpha value is -2.00. The van der Waals surface area contributed by atoms with Gasteiger partial charge in [-0.3, -0.25) is 4.79 Å². The fourth-order valence-electron chi connectivity index (χ4n) is 3.51. The van der Waals surface area contributed by atoms with Gasteiger partial charge in [0.25, 0.3) is 0 Å². The predicted octanol–water partition coefficient (Wildman–Crippen LogP) is 5.30. The maximum atomic E-state index is 13.9. The summed E-state index contributed by atoms with van der Waals surface area (Å²) in [4.78, 5) is 14.2. The van der Waals surface area contributed by atoms with Crippen molar-refractivity contribution in [3.63, 3.8) is 0 Å². The molecule has 146 valence electrons. The number of carbonyl (C=O) groups is 1. The summed E-state index contributed by atoms with van der Waals surface area (Å²) >= 11 is 18.1. The zero-order valence-electron chi connectivity index (χ0n) is 15.0. The molecule has 0 radical (unpaired) electrons. The van der Waals surface area contributed by atoms with Gasteiger partial charge in [0, 0.05) is 23.7 Å². The summed E-state index contributed by atoms with van der Waals surface area (Å²) in [5, 5.41) is 13.0. The number of amides is 1. The van der Waals surface area contributed by atoms with Crippen LogP contribution in [0.15, 0.2) is 30.3 Å². The number of hydrogen-bond donors (Lipinski definition) is 1. The number of benzene rings is 2. The number of anilines is 1. The van der Waals surface area contributed by atoms with Crippen molar-refractivity contribution >= 4 is 46.4 Å². The zero-order valence-corrected chi connectivity index (χ0v) is 17.2. The van der Waals surface area contributed by atoms with Gasteiger partial charge in [-0.25, -0.2) is 4.39 Å². The SMILES string of the molecule is CCN1C(=O)C[C@H](Nc2ccc(C#N)c(Cl)c2)C1Cc1cc(F)c(Cl)cc1Cl. The monoisotopic (exact) mass is 439 g/mol. The van der Waals surface area contributed by atoms with E-state index >= 15 is 0 Å². The highest BCUT2D eigenvalue weighted by Crippen LogP contribution is 2.31. The van der Waals surface area contributed by atoms with E-state index in [9.17, 15) is 9.18 Å². The summed E-state index contributed by atoms with van der Waals surface area (Å²) in [5.41, 5.74) is 1.68. The Morgan fingerprint density at radius 2 is 1.96 bits per heavy atom. The molecule has 0 saturated carbocycles. The molecule has 1 aliphatic rings. The molecule has 1 aliphatic heterocycles. The maximum Gasteiger partial charge on any atom is 0.225 e. The summed E-state index contributed by atoms with van der Waals surface area (Å²) < 4.78 is 13.9. The third-order valence-corrected chi connectivity index (χ3v) is 5.83. The Bertz CT molecular complexity index is 960. The van der Waals surface area contributed by atoms with Gasteiger partial charge < -0.3 is 10.2 Å². The van der Waals surface area contributed by atoms with Crippen molar-refractivity contribution in [2.45, 2.75) is 31.8 Å². The molecule has 1 unspecified atom stereocenters. The largest absolute Gasteiger partial charge is 0.380 e. The molecule has 0 bridgehead atoms. The second kappa shape index (κ2) is 8.57. The number of nitriles is 1. The molecule has 4 nitrogen and oxygen atoms in total. The molecule has 0 spiro atoms. The van der Waals surface area contributed by atoms with Crippen LogP contribution in [0.1, 0.15) is 24.5 Å². The number of nitrogens with one attached hydrogen (secondary N) is 1. The van der Waals surface area contributed by atoms with Crippen molar-refractivity contribution in [1.82, 2.24) is 4.90 Å². The molecule has 1 fully saturated rings. The second-order valence-corrected chi connectivity index (χ2v) is 7.79. The van der Waals surface area contributed by atoms with Gasteiger partial charge >= 0.3 is 0 Å². The number of hydrogen-bond acceptors (Lipinski definition) is 3. The Kier molecular flexibility index (Phi) is 6.34. The molecule has 2 atom stereocenters. The van der Waals surface area contributed by atoms with Crippen LogP contribution in [0.5, 0.6) is 0 Å². The Morgan fingerprint density at radius 3 is 2.61 bits per heavy atom. The van der Waals surface area contributed by atoms with Crippen molar-refractivity contribution in [3.8, 4) is 6.07 Å². The third kappa shape index (κ3) is 4.20. The lowest BCUT2D eigenvalue weighted by Crippen LogP contribution is -2.41. The van der Waals surface area contributed by atoms with Crippen LogP contribution in [0.2, 0.25) is 15.1 Å². The van der Waals surface area contributed by atoms with Crippen LogP contribution in [0, 0.1) is 17.1 Å². The summed E-state index contributed by atoms with van der Waals surface area (Å²) in [6.07, 6.45) is 0.679. The van der Waals surface area contributed by atoms with Gasteiger partial charge in [-0.15, -0.1) is 0 Å². The number of rotatable bonds is 5. The summed E-state index contributed by atoms with van der Waals surface area (Å²) in [6, 6.07) is 9.30. The molecule has 1 heterocycles.